The summed E-state index contributed by atoms with van der Waals surface area (Å²) in [7, 11) is 0. The van der Waals surface area contributed by atoms with Crippen LogP contribution in [0.4, 0.5) is 5.00 Å². The van der Waals surface area contributed by atoms with Gasteiger partial charge in [0.1, 0.15) is 11.1 Å². The van der Waals surface area contributed by atoms with E-state index in [0.717, 1.165) is 31.2 Å². The highest BCUT2D eigenvalue weighted by Gasteiger charge is 2.21. The quantitative estimate of drug-likeness (QED) is 0.815. The molecule has 0 atom stereocenters. The van der Waals surface area contributed by atoms with Crippen LogP contribution in [0.1, 0.15) is 45.6 Å². The van der Waals surface area contributed by atoms with Crippen LogP contribution in [0.2, 0.25) is 5.02 Å². The maximum Gasteiger partial charge on any atom is 0.252 e. The van der Waals surface area contributed by atoms with Gasteiger partial charge in [0.15, 0.2) is 0 Å². The summed E-state index contributed by atoms with van der Waals surface area (Å²) in [5.41, 5.74) is 2.07. The molecule has 0 aliphatic heterocycles. The summed E-state index contributed by atoms with van der Waals surface area (Å²) in [5, 5.41) is 15.9. The SMILES string of the molecule is N#Cc1c(NC(=O)CCNC(=O)c2ccccc2Cl)sc2c1CCCC2. The van der Waals surface area contributed by atoms with Crippen molar-refractivity contribution < 1.29 is 9.59 Å². The Hall–Kier alpha value is -2.36. The second-order valence-corrected chi connectivity index (χ2v) is 7.57. The van der Waals surface area contributed by atoms with Crippen LogP contribution in [0.3, 0.4) is 0 Å². The van der Waals surface area contributed by atoms with Crippen molar-refractivity contribution in [3.05, 3.63) is 50.9 Å². The van der Waals surface area contributed by atoms with Crippen molar-refractivity contribution in [2.75, 3.05) is 11.9 Å². The lowest BCUT2D eigenvalue weighted by Crippen LogP contribution is -2.27. The van der Waals surface area contributed by atoms with Gasteiger partial charge >= 0.3 is 0 Å². The van der Waals surface area contributed by atoms with Crippen molar-refractivity contribution >= 4 is 39.8 Å². The number of rotatable bonds is 5. The molecule has 1 aromatic heterocycles. The minimum atomic E-state index is -0.312. The zero-order valence-corrected chi connectivity index (χ0v) is 15.7. The molecule has 0 saturated carbocycles. The average Bonchev–Trinajstić information content (AvgIpc) is 2.98. The first-order valence-electron chi connectivity index (χ1n) is 8.47. The fourth-order valence-electron chi connectivity index (χ4n) is 2.99. The third-order valence-corrected chi connectivity index (χ3v) is 5.83. The first-order valence-corrected chi connectivity index (χ1v) is 9.67. The van der Waals surface area contributed by atoms with Gasteiger partial charge in [-0.2, -0.15) is 5.26 Å². The smallest absolute Gasteiger partial charge is 0.252 e. The molecule has 1 aromatic carbocycles. The number of nitrogens with zero attached hydrogens (tertiary/aromatic N) is 1. The normalized spacial score (nSPS) is 12.8. The molecule has 2 aromatic rings. The minimum absolute atomic E-state index is 0.129. The van der Waals surface area contributed by atoms with Crippen molar-refractivity contribution in [3.63, 3.8) is 0 Å². The Morgan fingerprint density at radius 1 is 1.23 bits per heavy atom. The van der Waals surface area contributed by atoms with Crippen LogP contribution in [-0.4, -0.2) is 18.4 Å². The van der Waals surface area contributed by atoms with E-state index in [-0.39, 0.29) is 24.8 Å². The summed E-state index contributed by atoms with van der Waals surface area (Å²) in [4.78, 5) is 25.5. The summed E-state index contributed by atoms with van der Waals surface area (Å²) < 4.78 is 0. The number of aryl methyl sites for hydroxylation is 1. The number of benzene rings is 1. The van der Waals surface area contributed by atoms with E-state index in [1.165, 1.54) is 16.2 Å². The number of hydrogen-bond acceptors (Lipinski definition) is 4. The molecule has 0 unspecified atom stereocenters. The molecule has 26 heavy (non-hydrogen) atoms. The van der Waals surface area contributed by atoms with Gasteiger partial charge < -0.3 is 10.6 Å². The van der Waals surface area contributed by atoms with Crippen LogP contribution in [0.25, 0.3) is 0 Å². The lowest BCUT2D eigenvalue weighted by Gasteiger charge is -2.09. The Morgan fingerprint density at radius 2 is 2.00 bits per heavy atom. The lowest BCUT2D eigenvalue weighted by atomic mass is 9.96. The fraction of sp³-hybridized carbons (Fsp3) is 0.316. The van der Waals surface area contributed by atoms with E-state index >= 15 is 0 Å². The molecule has 134 valence electrons. The molecule has 3 rings (SSSR count). The van der Waals surface area contributed by atoms with Crippen LogP contribution in [0, 0.1) is 11.3 Å². The van der Waals surface area contributed by atoms with E-state index in [1.807, 2.05) is 0 Å². The van der Waals surface area contributed by atoms with Gasteiger partial charge in [0, 0.05) is 17.8 Å². The number of anilines is 1. The first-order chi connectivity index (χ1) is 12.6. The van der Waals surface area contributed by atoms with E-state index < -0.39 is 0 Å². The summed E-state index contributed by atoms with van der Waals surface area (Å²) in [5.74, 6) is -0.535. The number of nitriles is 1. The maximum atomic E-state index is 12.2. The Morgan fingerprint density at radius 3 is 2.77 bits per heavy atom. The molecule has 1 aliphatic carbocycles. The summed E-state index contributed by atoms with van der Waals surface area (Å²) in [6, 6.07) is 8.98. The van der Waals surface area contributed by atoms with E-state index in [2.05, 4.69) is 16.7 Å². The van der Waals surface area contributed by atoms with Gasteiger partial charge in [0.05, 0.1) is 16.1 Å². The third-order valence-electron chi connectivity index (χ3n) is 4.29. The molecule has 1 heterocycles. The number of nitrogens with one attached hydrogen (secondary N) is 2. The number of amides is 2. The van der Waals surface area contributed by atoms with Gasteiger partial charge in [0.25, 0.3) is 5.91 Å². The molecule has 7 heteroatoms. The Balaban J connectivity index is 1.55. The maximum absolute atomic E-state index is 12.2. The van der Waals surface area contributed by atoms with Crippen molar-refractivity contribution in [1.82, 2.24) is 5.32 Å². The minimum Gasteiger partial charge on any atom is -0.351 e. The highest BCUT2D eigenvalue weighted by molar-refractivity contribution is 7.16. The van der Waals surface area contributed by atoms with E-state index in [9.17, 15) is 14.9 Å². The molecular weight excluding hydrogens is 370 g/mol. The molecule has 1 aliphatic rings. The molecule has 0 saturated heterocycles. The molecule has 0 radical (unpaired) electrons. The van der Waals surface area contributed by atoms with E-state index in [4.69, 9.17) is 11.6 Å². The topological polar surface area (TPSA) is 82.0 Å². The van der Waals surface area contributed by atoms with E-state index in [0.29, 0.717) is 21.2 Å². The predicted octanol–water partition coefficient (Wildman–Crippen LogP) is 3.91. The van der Waals surface area contributed by atoms with Crippen molar-refractivity contribution in [1.29, 1.82) is 5.26 Å². The second kappa shape index (κ2) is 8.35. The van der Waals surface area contributed by atoms with Crippen LogP contribution >= 0.6 is 22.9 Å². The zero-order valence-electron chi connectivity index (χ0n) is 14.1. The van der Waals surface area contributed by atoms with Crippen LogP contribution in [0.5, 0.6) is 0 Å². The highest BCUT2D eigenvalue weighted by Crippen LogP contribution is 2.37. The Labute approximate surface area is 161 Å². The predicted molar refractivity (Wildman–Crippen MR) is 103 cm³/mol. The summed E-state index contributed by atoms with van der Waals surface area (Å²) >= 11 is 7.48. The van der Waals surface area contributed by atoms with Gasteiger partial charge in [0.2, 0.25) is 5.91 Å². The van der Waals surface area contributed by atoms with Crippen molar-refractivity contribution in [2.45, 2.75) is 32.1 Å². The number of carbonyl (C=O) groups excluding carboxylic acids is 2. The largest absolute Gasteiger partial charge is 0.351 e. The molecule has 0 spiro atoms. The molecular formula is C19H18ClN3O2S. The monoisotopic (exact) mass is 387 g/mol. The van der Waals surface area contributed by atoms with Gasteiger partial charge in [-0.1, -0.05) is 23.7 Å². The number of halogens is 1. The highest BCUT2D eigenvalue weighted by atomic mass is 35.5. The van der Waals surface area contributed by atoms with Gasteiger partial charge in [-0.05, 0) is 43.4 Å². The summed E-state index contributed by atoms with van der Waals surface area (Å²) in [6.07, 6.45) is 4.21. The number of fused-ring (bicyclic) bond motifs is 1. The number of thiophene rings is 1. The molecule has 5 nitrogen and oxygen atoms in total. The molecule has 2 N–H and O–H groups in total. The lowest BCUT2D eigenvalue weighted by molar-refractivity contribution is -0.116. The van der Waals surface area contributed by atoms with Crippen molar-refractivity contribution in [2.24, 2.45) is 0 Å². The molecule has 0 bridgehead atoms. The first kappa shape index (κ1) is 18.4. The molecule has 0 fully saturated rings. The standard InChI is InChI=1S/C19H18ClN3O2S/c20-15-7-3-1-6-13(15)18(25)22-10-9-17(24)23-19-14(11-21)12-5-2-4-8-16(12)26-19/h1,3,6-7H,2,4-5,8-10H2,(H,22,25)(H,23,24). The number of hydrogen-bond donors (Lipinski definition) is 2. The Bertz CT molecular complexity index is 885. The third kappa shape index (κ3) is 4.06. The second-order valence-electron chi connectivity index (χ2n) is 6.06. The van der Waals surface area contributed by atoms with E-state index in [1.54, 1.807) is 24.3 Å². The van der Waals surface area contributed by atoms with Gasteiger partial charge in [-0.15, -0.1) is 11.3 Å². The number of carbonyl (C=O) groups is 2. The molecule has 2 amide bonds. The zero-order chi connectivity index (χ0) is 18.5. The van der Waals surface area contributed by atoms with Crippen LogP contribution in [-0.2, 0) is 17.6 Å². The fourth-order valence-corrected chi connectivity index (χ4v) is 4.47. The Kier molecular flexibility index (Phi) is 5.92. The summed E-state index contributed by atoms with van der Waals surface area (Å²) in [6.45, 7) is 0.197. The average molecular weight is 388 g/mol. The van der Waals surface area contributed by atoms with Gasteiger partial charge in [-0.3, -0.25) is 9.59 Å². The van der Waals surface area contributed by atoms with Crippen molar-refractivity contribution in [3.8, 4) is 6.07 Å². The van der Waals surface area contributed by atoms with Crippen LogP contribution < -0.4 is 10.6 Å². The van der Waals surface area contributed by atoms with Gasteiger partial charge in [-0.25, -0.2) is 0 Å². The van der Waals surface area contributed by atoms with Crippen LogP contribution in [0.15, 0.2) is 24.3 Å².